The van der Waals surface area contributed by atoms with Gasteiger partial charge in [0.15, 0.2) is 0 Å². The number of rotatable bonds is 5. The topological polar surface area (TPSA) is 40.5 Å². The summed E-state index contributed by atoms with van der Waals surface area (Å²) in [7, 11) is 0. The summed E-state index contributed by atoms with van der Waals surface area (Å²) in [5, 5.41) is 9.01. The molecule has 1 N–H and O–H groups in total. The van der Waals surface area contributed by atoms with Crippen LogP contribution in [-0.4, -0.2) is 29.8 Å². The number of halogens is 1. The molecule has 1 aliphatic rings. The number of aliphatic carboxylic acids is 1. The smallest absolute Gasteiger partial charge is 0.305 e. The first-order valence-electron chi connectivity index (χ1n) is 8.29. The Bertz CT molecular complexity index is 714. The number of hydrogen-bond acceptors (Lipinski definition) is 2. The van der Waals surface area contributed by atoms with E-state index >= 15 is 0 Å². The van der Waals surface area contributed by atoms with Crippen LogP contribution >= 0.6 is 0 Å². The van der Waals surface area contributed by atoms with E-state index in [9.17, 15) is 9.18 Å². The lowest BCUT2D eigenvalue weighted by atomic mass is 10.0. The van der Waals surface area contributed by atoms with Crippen LogP contribution in [0.4, 0.5) is 10.1 Å². The maximum absolute atomic E-state index is 13.7. The van der Waals surface area contributed by atoms with E-state index < -0.39 is 12.1 Å². The Kier molecular flexibility index (Phi) is 4.84. The number of carbonyl (C=O) groups is 1. The zero-order valence-electron chi connectivity index (χ0n) is 13.8. The van der Waals surface area contributed by atoms with Gasteiger partial charge in [-0.3, -0.25) is 4.79 Å². The van der Waals surface area contributed by atoms with Crippen LogP contribution in [0, 0.1) is 6.92 Å². The Morgan fingerprint density at radius 1 is 1.21 bits per heavy atom. The lowest BCUT2D eigenvalue weighted by Crippen LogP contribution is -2.31. The minimum atomic E-state index is -0.957. The summed E-state index contributed by atoms with van der Waals surface area (Å²) in [5.74, 6) is -0.879. The second kappa shape index (κ2) is 7.04. The van der Waals surface area contributed by atoms with Crippen molar-refractivity contribution >= 4 is 11.7 Å². The van der Waals surface area contributed by atoms with E-state index in [1.54, 1.807) is 0 Å². The number of anilines is 1. The fourth-order valence-electron chi connectivity index (χ4n) is 3.40. The van der Waals surface area contributed by atoms with Crippen LogP contribution in [-0.2, 0) is 11.2 Å². The highest BCUT2D eigenvalue weighted by molar-refractivity contribution is 5.69. The molecule has 3 nitrogen and oxygen atoms in total. The first kappa shape index (κ1) is 16.5. The monoisotopic (exact) mass is 327 g/mol. The zero-order valence-corrected chi connectivity index (χ0v) is 13.8. The standard InChI is InChI=1S/C20H22FNO2/c1-14-4-2-3-5-16(14)10-15-6-8-18(9-7-15)22-13-17(21)11-19(22)12-20(23)24/h2-9,17,19H,10-13H2,1H3,(H,23,24). The SMILES string of the molecule is Cc1ccccc1Cc1ccc(N2CC(F)CC2CC(=O)O)cc1. The lowest BCUT2D eigenvalue weighted by Gasteiger charge is -2.25. The Hall–Kier alpha value is -2.36. The third-order valence-corrected chi connectivity index (χ3v) is 4.70. The van der Waals surface area contributed by atoms with Crippen LogP contribution in [0.2, 0.25) is 0 Å². The fraction of sp³-hybridized carbons (Fsp3) is 0.350. The van der Waals surface area contributed by atoms with Crippen LogP contribution in [0.1, 0.15) is 29.5 Å². The first-order valence-corrected chi connectivity index (χ1v) is 8.29. The van der Waals surface area contributed by atoms with Gasteiger partial charge in [0.1, 0.15) is 6.17 Å². The molecule has 2 unspecified atom stereocenters. The Labute approximate surface area is 141 Å². The largest absolute Gasteiger partial charge is 0.481 e. The molecule has 1 fully saturated rings. The van der Waals surface area contributed by atoms with Crippen molar-refractivity contribution in [3.8, 4) is 0 Å². The van der Waals surface area contributed by atoms with E-state index in [-0.39, 0.29) is 25.4 Å². The van der Waals surface area contributed by atoms with Gasteiger partial charge in [-0.1, -0.05) is 36.4 Å². The minimum Gasteiger partial charge on any atom is -0.481 e. The highest BCUT2D eigenvalue weighted by Crippen LogP contribution is 2.29. The van der Waals surface area contributed by atoms with E-state index in [4.69, 9.17) is 5.11 Å². The van der Waals surface area contributed by atoms with E-state index in [0.29, 0.717) is 0 Å². The predicted octanol–water partition coefficient (Wildman–Crippen LogP) is 3.98. The van der Waals surface area contributed by atoms with Crippen LogP contribution in [0.5, 0.6) is 0 Å². The molecule has 0 aromatic heterocycles. The van der Waals surface area contributed by atoms with Crippen molar-refractivity contribution in [1.29, 1.82) is 0 Å². The molecular weight excluding hydrogens is 305 g/mol. The maximum atomic E-state index is 13.7. The van der Waals surface area contributed by atoms with Crippen molar-refractivity contribution in [2.75, 3.05) is 11.4 Å². The van der Waals surface area contributed by atoms with Crippen molar-refractivity contribution in [2.24, 2.45) is 0 Å². The van der Waals surface area contributed by atoms with E-state index in [1.165, 1.54) is 16.7 Å². The number of carboxylic acids is 1. The highest BCUT2D eigenvalue weighted by Gasteiger charge is 2.33. The normalized spacial score (nSPS) is 20.3. The minimum absolute atomic E-state index is 0.0224. The van der Waals surface area contributed by atoms with Crippen LogP contribution in [0.25, 0.3) is 0 Å². The summed E-state index contributed by atoms with van der Waals surface area (Å²) in [6, 6.07) is 16.1. The molecule has 1 saturated heterocycles. The van der Waals surface area contributed by atoms with Gasteiger partial charge in [0, 0.05) is 24.7 Å². The fourth-order valence-corrected chi connectivity index (χ4v) is 3.40. The van der Waals surface area contributed by atoms with E-state index in [1.807, 2.05) is 41.3 Å². The van der Waals surface area contributed by atoms with E-state index in [2.05, 4.69) is 19.1 Å². The Balaban J connectivity index is 1.74. The predicted molar refractivity (Wildman–Crippen MR) is 93.3 cm³/mol. The molecule has 24 heavy (non-hydrogen) atoms. The third-order valence-electron chi connectivity index (χ3n) is 4.70. The third kappa shape index (κ3) is 3.75. The molecule has 2 atom stereocenters. The van der Waals surface area contributed by atoms with Crippen molar-refractivity contribution < 1.29 is 14.3 Å². The van der Waals surface area contributed by atoms with Crippen LogP contribution < -0.4 is 4.90 Å². The highest BCUT2D eigenvalue weighted by atomic mass is 19.1. The number of carboxylic acid groups (broad SMARTS) is 1. The van der Waals surface area contributed by atoms with Gasteiger partial charge in [0.05, 0.1) is 6.42 Å². The van der Waals surface area contributed by atoms with Crippen LogP contribution in [0.15, 0.2) is 48.5 Å². The molecular formula is C20H22FNO2. The molecule has 4 heteroatoms. The van der Waals surface area contributed by atoms with Crippen LogP contribution in [0.3, 0.4) is 0 Å². The second-order valence-corrected chi connectivity index (χ2v) is 6.51. The molecule has 0 radical (unpaired) electrons. The number of alkyl halides is 1. The molecule has 1 heterocycles. The average molecular weight is 327 g/mol. The maximum Gasteiger partial charge on any atom is 0.305 e. The molecule has 3 rings (SSSR count). The summed E-state index contributed by atoms with van der Waals surface area (Å²) in [6.07, 6.45) is 0.167. The molecule has 0 saturated carbocycles. The molecule has 1 aliphatic heterocycles. The first-order chi connectivity index (χ1) is 11.5. The van der Waals surface area contributed by atoms with E-state index in [0.717, 1.165) is 12.1 Å². The quantitative estimate of drug-likeness (QED) is 0.903. The van der Waals surface area contributed by atoms with Gasteiger partial charge in [-0.05, 0) is 42.2 Å². The summed E-state index contributed by atoms with van der Waals surface area (Å²) < 4.78 is 13.7. The summed E-state index contributed by atoms with van der Waals surface area (Å²) in [6.45, 7) is 2.38. The molecule has 0 bridgehead atoms. The second-order valence-electron chi connectivity index (χ2n) is 6.51. The molecule has 0 amide bonds. The summed E-state index contributed by atoms with van der Waals surface area (Å²) in [4.78, 5) is 12.9. The molecule has 2 aromatic carbocycles. The average Bonchev–Trinajstić information content (AvgIpc) is 2.90. The summed E-state index contributed by atoms with van der Waals surface area (Å²) >= 11 is 0. The molecule has 0 aliphatic carbocycles. The van der Waals surface area contributed by atoms with Crippen molar-refractivity contribution in [3.63, 3.8) is 0 Å². The molecule has 126 valence electrons. The van der Waals surface area contributed by atoms with Gasteiger partial charge in [-0.25, -0.2) is 4.39 Å². The number of aryl methyl sites for hydroxylation is 1. The number of nitrogens with zero attached hydrogens (tertiary/aromatic N) is 1. The van der Waals surface area contributed by atoms with Gasteiger partial charge >= 0.3 is 5.97 Å². The summed E-state index contributed by atoms with van der Waals surface area (Å²) in [5.41, 5.74) is 4.65. The molecule has 0 spiro atoms. The van der Waals surface area contributed by atoms with Crippen molar-refractivity contribution in [2.45, 2.75) is 38.4 Å². The number of benzene rings is 2. The van der Waals surface area contributed by atoms with Gasteiger partial charge in [-0.15, -0.1) is 0 Å². The Morgan fingerprint density at radius 3 is 2.58 bits per heavy atom. The van der Waals surface area contributed by atoms with Crippen molar-refractivity contribution in [3.05, 3.63) is 65.2 Å². The van der Waals surface area contributed by atoms with Gasteiger partial charge < -0.3 is 10.0 Å². The van der Waals surface area contributed by atoms with Gasteiger partial charge in [0.25, 0.3) is 0 Å². The van der Waals surface area contributed by atoms with Gasteiger partial charge in [-0.2, -0.15) is 0 Å². The lowest BCUT2D eigenvalue weighted by molar-refractivity contribution is -0.137. The zero-order chi connectivity index (χ0) is 17.1. The number of hydrogen-bond donors (Lipinski definition) is 1. The van der Waals surface area contributed by atoms with Gasteiger partial charge in [0.2, 0.25) is 0 Å². The molecule has 2 aromatic rings. The Morgan fingerprint density at radius 2 is 1.92 bits per heavy atom. The van der Waals surface area contributed by atoms with Crippen molar-refractivity contribution in [1.82, 2.24) is 0 Å².